The van der Waals surface area contributed by atoms with Gasteiger partial charge < -0.3 is 0 Å². The molecule has 0 N–H and O–H groups in total. The lowest BCUT2D eigenvalue weighted by Gasteiger charge is -2.00. The third-order valence-electron chi connectivity index (χ3n) is 4.05. The van der Waals surface area contributed by atoms with Crippen LogP contribution in [0.15, 0.2) is 92.5 Å². The zero-order chi connectivity index (χ0) is 17.9. The van der Waals surface area contributed by atoms with Crippen molar-refractivity contribution < 1.29 is 0 Å². The van der Waals surface area contributed by atoms with E-state index in [0.29, 0.717) is 0 Å². The molecule has 2 heterocycles. The van der Waals surface area contributed by atoms with Crippen LogP contribution in [0.3, 0.4) is 0 Å². The fraction of sp³-hybridized carbons (Fsp3) is 0. The average Bonchev–Trinajstić information content (AvgIpc) is 3.31. The molecule has 0 bridgehead atoms. The van der Waals surface area contributed by atoms with E-state index in [4.69, 9.17) is 0 Å². The zero-order valence-electron chi connectivity index (χ0n) is 13.7. The number of hydrogen-bond acceptors (Lipinski definition) is 2. The van der Waals surface area contributed by atoms with E-state index in [2.05, 4.69) is 115 Å². The minimum Gasteiger partial charge on any atom is -0.143 e. The molecule has 2 aromatic heterocycles. The van der Waals surface area contributed by atoms with Gasteiger partial charge in [0.05, 0.1) is 9.35 Å². The standard InChI is InChI=1S/C14H10.C8H4Br2S2/c1-2-6-12-10-14-8-4-3-7-13(14)9-11(12)5-1;9-5-4-12-8(7(5)10)6-2-1-3-11-6/h1-10H;1-4H. The van der Waals surface area contributed by atoms with Gasteiger partial charge in [-0.3, -0.25) is 0 Å². The van der Waals surface area contributed by atoms with Crippen LogP contribution in [0.2, 0.25) is 0 Å². The van der Waals surface area contributed by atoms with E-state index in [1.165, 1.54) is 31.3 Å². The van der Waals surface area contributed by atoms with Gasteiger partial charge in [0, 0.05) is 14.7 Å². The Morgan fingerprint density at radius 3 is 1.54 bits per heavy atom. The van der Waals surface area contributed by atoms with Crippen molar-refractivity contribution >= 4 is 76.1 Å². The molecule has 0 radical (unpaired) electrons. The van der Waals surface area contributed by atoms with Crippen LogP contribution in [0.25, 0.3) is 31.3 Å². The van der Waals surface area contributed by atoms with Crippen molar-refractivity contribution in [3.05, 3.63) is 92.5 Å². The van der Waals surface area contributed by atoms with Gasteiger partial charge in [-0.1, -0.05) is 54.6 Å². The van der Waals surface area contributed by atoms with Gasteiger partial charge in [0.2, 0.25) is 0 Å². The molecule has 0 aliphatic rings. The number of halogens is 2. The Bertz CT molecular complexity index is 1050. The van der Waals surface area contributed by atoms with Crippen LogP contribution in [0, 0.1) is 0 Å². The molecule has 3 aromatic carbocycles. The van der Waals surface area contributed by atoms with Crippen LogP contribution < -0.4 is 0 Å². The Morgan fingerprint density at radius 1 is 0.615 bits per heavy atom. The molecule has 4 heteroatoms. The number of hydrogen-bond donors (Lipinski definition) is 0. The Kier molecular flexibility index (Phi) is 5.55. The van der Waals surface area contributed by atoms with Crippen LogP contribution in [-0.4, -0.2) is 0 Å². The maximum atomic E-state index is 3.54. The summed E-state index contributed by atoms with van der Waals surface area (Å²) in [5.74, 6) is 0. The molecule has 0 spiro atoms. The summed E-state index contributed by atoms with van der Waals surface area (Å²) < 4.78 is 2.30. The predicted octanol–water partition coefficient (Wildman–Crippen LogP) is 8.99. The second kappa shape index (κ2) is 8.05. The molecule has 0 saturated carbocycles. The Labute approximate surface area is 177 Å². The van der Waals surface area contributed by atoms with Crippen molar-refractivity contribution in [2.45, 2.75) is 0 Å². The van der Waals surface area contributed by atoms with Gasteiger partial charge in [-0.15, -0.1) is 22.7 Å². The number of benzene rings is 3. The predicted molar refractivity (Wildman–Crippen MR) is 124 cm³/mol. The van der Waals surface area contributed by atoms with Crippen molar-refractivity contribution in [3.63, 3.8) is 0 Å². The van der Waals surface area contributed by atoms with Crippen LogP contribution >= 0.6 is 54.5 Å². The normalized spacial score (nSPS) is 10.7. The molecule has 0 aliphatic carbocycles. The second-order valence-corrected chi connectivity index (χ2v) is 9.23. The number of rotatable bonds is 1. The Morgan fingerprint density at radius 2 is 1.15 bits per heavy atom. The SMILES string of the molecule is Brc1csc(-c2cccs2)c1Br.c1ccc2cc3ccccc3cc2c1. The molecular weight excluding hydrogens is 488 g/mol. The van der Waals surface area contributed by atoms with E-state index in [9.17, 15) is 0 Å². The first-order valence-corrected chi connectivity index (χ1v) is 11.4. The van der Waals surface area contributed by atoms with Crippen LogP contribution in [0.1, 0.15) is 0 Å². The van der Waals surface area contributed by atoms with Gasteiger partial charge in [0.25, 0.3) is 0 Å². The van der Waals surface area contributed by atoms with E-state index in [1.807, 2.05) is 0 Å². The molecule has 0 unspecified atom stereocenters. The average molecular weight is 502 g/mol. The summed E-state index contributed by atoms with van der Waals surface area (Å²) in [5, 5.41) is 9.43. The molecule has 128 valence electrons. The van der Waals surface area contributed by atoms with Gasteiger partial charge in [0.15, 0.2) is 0 Å². The third-order valence-corrected chi connectivity index (χ3v) is 8.62. The number of thiophene rings is 2. The smallest absolute Gasteiger partial charge is 0.0596 e. The lowest BCUT2D eigenvalue weighted by molar-refractivity contribution is 1.76. The lowest BCUT2D eigenvalue weighted by atomic mass is 10.0. The fourth-order valence-corrected chi connectivity index (χ4v) is 5.98. The fourth-order valence-electron chi connectivity index (χ4n) is 2.78. The lowest BCUT2D eigenvalue weighted by Crippen LogP contribution is -1.74. The van der Waals surface area contributed by atoms with Crippen LogP contribution in [0.4, 0.5) is 0 Å². The summed E-state index contributed by atoms with van der Waals surface area (Å²) in [4.78, 5) is 2.62. The first-order valence-electron chi connectivity index (χ1n) is 8.06. The molecule has 0 nitrogen and oxygen atoms in total. The second-order valence-electron chi connectivity index (χ2n) is 5.75. The van der Waals surface area contributed by atoms with Gasteiger partial charge >= 0.3 is 0 Å². The van der Waals surface area contributed by atoms with Gasteiger partial charge in [0.1, 0.15) is 0 Å². The van der Waals surface area contributed by atoms with Crippen molar-refractivity contribution in [2.75, 3.05) is 0 Å². The van der Waals surface area contributed by atoms with E-state index >= 15 is 0 Å². The highest BCUT2D eigenvalue weighted by atomic mass is 79.9. The highest BCUT2D eigenvalue weighted by Crippen LogP contribution is 2.41. The summed E-state index contributed by atoms with van der Waals surface area (Å²) >= 11 is 10.5. The van der Waals surface area contributed by atoms with Crippen molar-refractivity contribution in [1.82, 2.24) is 0 Å². The van der Waals surface area contributed by atoms with E-state index in [1.54, 1.807) is 22.7 Å². The van der Waals surface area contributed by atoms with Crippen LogP contribution in [-0.2, 0) is 0 Å². The molecule has 0 atom stereocenters. The van der Waals surface area contributed by atoms with Crippen molar-refractivity contribution in [2.24, 2.45) is 0 Å². The molecule has 0 saturated heterocycles. The molecular formula is C22H14Br2S2. The quantitative estimate of drug-likeness (QED) is 0.201. The Balaban J connectivity index is 0.000000131. The molecule has 5 aromatic rings. The maximum absolute atomic E-state index is 3.54. The minimum atomic E-state index is 1.14. The number of fused-ring (bicyclic) bond motifs is 2. The van der Waals surface area contributed by atoms with Crippen molar-refractivity contribution in [3.8, 4) is 9.75 Å². The molecule has 0 aliphatic heterocycles. The van der Waals surface area contributed by atoms with E-state index < -0.39 is 0 Å². The largest absolute Gasteiger partial charge is 0.143 e. The topological polar surface area (TPSA) is 0 Å². The first-order chi connectivity index (χ1) is 12.7. The maximum Gasteiger partial charge on any atom is 0.0596 e. The minimum absolute atomic E-state index is 1.14. The summed E-state index contributed by atoms with van der Waals surface area (Å²) in [6, 6.07) is 25.6. The van der Waals surface area contributed by atoms with Gasteiger partial charge in [-0.25, -0.2) is 0 Å². The van der Waals surface area contributed by atoms with E-state index in [-0.39, 0.29) is 0 Å². The van der Waals surface area contributed by atoms with Gasteiger partial charge in [-0.2, -0.15) is 0 Å². The third kappa shape index (κ3) is 3.79. The van der Waals surface area contributed by atoms with Crippen molar-refractivity contribution in [1.29, 1.82) is 0 Å². The summed E-state index contributed by atoms with van der Waals surface area (Å²) in [6.07, 6.45) is 0. The first kappa shape index (κ1) is 17.9. The Hall–Kier alpha value is -1.46. The molecule has 5 rings (SSSR count). The summed E-state index contributed by atoms with van der Waals surface area (Å²) in [7, 11) is 0. The molecule has 0 amide bonds. The monoisotopic (exact) mass is 500 g/mol. The summed E-state index contributed by atoms with van der Waals surface area (Å²) in [6.45, 7) is 0. The van der Waals surface area contributed by atoms with Crippen LogP contribution in [0.5, 0.6) is 0 Å². The molecule has 0 fully saturated rings. The highest BCUT2D eigenvalue weighted by molar-refractivity contribution is 9.13. The molecule has 26 heavy (non-hydrogen) atoms. The zero-order valence-corrected chi connectivity index (χ0v) is 18.5. The summed E-state index contributed by atoms with van der Waals surface area (Å²) in [5.41, 5.74) is 0. The van der Waals surface area contributed by atoms with E-state index in [0.717, 1.165) is 8.95 Å². The highest BCUT2D eigenvalue weighted by Gasteiger charge is 2.09. The van der Waals surface area contributed by atoms with Gasteiger partial charge in [-0.05, 0) is 77.0 Å².